The Morgan fingerprint density at radius 1 is 1.07 bits per heavy atom. The van der Waals surface area contributed by atoms with Gasteiger partial charge in [-0.15, -0.1) is 11.3 Å². The summed E-state index contributed by atoms with van der Waals surface area (Å²) in [5, 5.41) is 9.86. The van der Waals surface area contributed by atoms with Gasteiger partial charge in [0.2, 0.25) is 0 Å². The molecule has 3 aromatic rings. The molecule has 0 unspecified atom stereocenters. The number of hydrogen-bond acceptors (Lipinski definition) is 5. The summed E-state index contributed by atoms with van der Waals surface area (Å²) in [4.78, 5) is 13.6. The van der Waals surface area contributed by atoms with Crippen LogP contribution in [0.5, 0.6) is 0 Å². The average Bonchev–Trinajstić information content (AvgIpc) is 3.05. The zero-order valence-electron chi connectivity index (χ0n) is 15.2. The van der Waals surface area contributed by atoms with E-state index in [1.165, 1.54) is 42.6 Å². The fourth-order valence-electron chi connectivity index (χ4n) is 2.70. The van der Waals surface area contributed by atoms with Crippen LogP contribution in [0.25, 0.3) is 21.6 Å². The Morgan fingerprint density at radius 3 is 2.18 bits per heavy atom. The Labute approximate surface area is 166 Å². The number of rotatable bonds is 5. The molecule has 146 valence electrons. The van der Waals surface area contributed by atoms with E-state index < -0.39 is 15.7 Å². The second-order valence-corrected chi connectivity index (χ2v) is 9.51. The first-order valence-electron chi connectivity index (χ1n) is 8.30. The van der Waals surface area contributed by atoms with Crippen LogP contribution >= 0.6 is 11.3 Å². The number of benzene rings is 2. The maximum Gasteiger partial charge on any atom is 0.250 e. The van der Waals surface area contributed by atoms with Crippen LogP contribution in [0.2, 0.25) is 0 Å². The SMILES string of the molecule is CN(O)C(=O)Cc1cc(-c2ccc(S(C)(=O)=O)cc2)c(-c2ccc(F)cc2)s1. The molecule has 0 aliphatic heterocycles. The molecule has 28 heavy (non-hydrogen) atoms. The van der Waals surface area contributed by atoms with E-state index in [0.29, 0.717) is 5.06 Å². The van der Waals surface area contributed by atoms with E-state index in [-0.39, 0.29) is 17.1 Å². The van der Waals surface area contributed by atoms with E-state index in [0.717, 1.165) is 32.7 Å². The van der Waals surface area contributed by atoms with Gasteiger partial charge >= 0.3 is 0 Å². The van der Waals surface area contributed by atoms with Crippen molar-refractivity contribution in [1.82, 2.24) is 5.06 Å². The van der Waals surface area contributed by atoms with E-state index >= 15 is 0 Å². The molecule has 1 amide bonds. The molecule has 0 radical (unpaired) electrons. The highest BCUT2D eigenvalue weighted by atomic mass is 32.2. The molecular formula is C20H18FNO4S2. The fraction of sp³-hybridized carbons (Fsp3) is 0.150. The molecule has 0 atom stereocenters. The summed E-state index contributed by atoms with van der Waals surface area (Å²) in [6.07, 6.45) is 1.17. The number of sulfone groups is 1. The van der Waals surface area contributed by atoms with Gasteiger partial charge in [0.05, 0.1) is 11.3 Å². The molecule has 8 heteroatoms. The van der Waals surface area contributed by atoms with Gasteiger partial charge in [0.1, 0.15) is 5.82 Å². The second kappa shape index (κ2) is 7.83. The maximum atomic E-state index is 13.3. The number of likely N-dealkylation sites (N-methyl/N-ethyl adjacent to an activating group) is 1. The summed E-state index contributed by atoms with van der Waals surface area (Å²) in [6.45, 7) is 0. The van der Waals surface area contributed by atoms with E-state index in [1.54, 1.807) is 24.3 Å². The summed E-state index contributed by atoms with van der Waals surface area (Å²) < 4.78 is 36.7. The van der Waals surface area contributed by atoms with Crippen molar-refractivity contribution >= 4 is 27.1 Å². The number of amides is 1. The van der Waals surface area contributed by atoms with Gasteiger partial charge in [0.25, 0.3) is 5.91 Å². The third-order valence-electron chi connectivity index (χ3n) is 4.17. The van der Waals surface area contributed by atoms with Crippen LogP contribution in [-0.4, -0.2) is 37.9 Å². The lowest BCUT2D eigenvalue weighted by atomic mass is 10.0. The highest BCUT2D eigenvalue weighted by Gasteiger charge is 2.17. The number of nitrogens with zero attached hydrogens (tertiary/aromatic N) is 1. The monoisotopic (exact) mass is 419 g/mol. The minimum absolute atomic E-state index is 0.0211. The van der Waals surface area contributed by atoms with Crippen molar-refractivity contribution in [3.8, 4) is 21.6 Å². The minimum atomic E-state index is -3.31. The van der Waals surface area contributed by atoms with Gasteiger partial charge in [0.15, 0.2) is 9.84 Å². The number of hydroxylamine groups is 2. The standard InChI is InChI=1S/C20H18FNO4S2/c1-22(24)19(23)12-16-11-18(13-5-9-17(10-6-13)28(2,25)26)20(27-16)14-3-7-15(21)8-4-14/h3-11,24H,12H2,1-2H3. The Hall–Kier alpha value is -2.55. The quantitative estimate of drug-likeness (QED) is 0.501. The van der Waals surface area contributed by atoms with Crippen LogP contribution in [0.1, 0.15) is 4.88 Å². The topological polar surface area (TPSA) is 74.7 Å². The van der Waals surface area contributed by atoms with Crippen molar-refractivity contribution < 1.29 is 22.8 Å². The van der Waals surface area contributed by atoms with Crippen LogP contribution in [0.3, 0.4) is 0 Å². The number of carbonyl (C=O) groups is 1. The molecule has 0 aliphatic carbocycles. The normalized spacial score (nSPS) is 11.4. The van der Waals surface area contributed by atoms with Crippen LogP contribution in [0.15, 0.2) is 59.5 Å². The predicted octanol–water partition coefficient (Wildman–Crippen LogP) is 4.01. The van der Waals surface area contributed by atoms with Crippen molar-refractivity contribution in [3.05, 3.63) is 65.3 Å². The van der Waals surface area contributed by atoms with Crippen LogP contribution < -0.4 is 0 Å². The van der Waals surface area contributed by atoms with Crippen LogP contribution in [-0.2, 0) is 21.1 Å². The lowest BCUT2D eigenvalue weighted by Gasteiger charge is -2.06. The summed E-state index contributed by atoms with van der Waals surface area (Å²) >= 11 is 1.37. The lowest BCUT2D eigenvalue weighted by molar-refractivity contribution is -0.158. The molecule has 1 N–H and O–H groups in total. The Bertz CT molecular complexity index is 1100. The molecule has 0 saturated carbocycles. The molecule has 0 spiro atoms. The van der Waals surface area contributed by atoms with Crippen LogP contribution in [0, 0.1) is 5.82 Å². The molecule has 0 bridgehead atoms. The van der Waals surface area contributed by atoms with Crippen molar-refractivity contribution in [2.24, 2.45) is 0 Å². The van der Waals surface area contributed by atoms with Crippen molar-refractivity contribution in [3.63, 3.8) is 0 Å². The van der Waals surface area contributed by atoms with E-state index in [2.05, 4.69) is 0 Å². The first-order chi connectivity index (χ1) is 13.1. The van der Waals surface area contributed by atoms with Gasteiger partial charge in [-0.1, -0.05) is 24.3 Å². The predicted molar refractivity (Wildman–Crippen MR) is 107 cm³/mol. The largest absolute Gasteiger partial charge is 0.286 e. The van der Waals surface area contributed by atoms with E-state index in [4.69, 9.17) is 0 Å². The third kappa shape index (κ3) is 4.46. The summed E-state index contributed by atoms with van der Waals surface area (Å²) in [6, 6.07) is 14.3. The molecular weight excluding hydrogens is 401 g/mol. The van der Waals surface area contributed by atoms with Gasteiger partial charge < -0.3 is 0 Å². The van der Waals surface area contributed by atoms with Gasteiger partial charge in [-0.05, 0) is 41.5 Å². The maximum absolute atomic E-state index is 13.3. The van der Waals surface area contributed by atoms with Crippen molar-refractivity contribution in [1.29, 1.82) is 0 Å². The number of hydrogen-bond donors (Lipinski definition) is 1. The first-order valence-corrected chi connectivity index (χ1v) is 11.0. The molecule has 0 aliphatic rings. The van der Waals surface area contributed by atoms with Gasteiger partial charge in [-0.2, -0.15) is 0 Å². The zero-order valence-corrected chi connectivity index (χ0v) is 16.8. The highest BCUT2D eigenvalue weighted by Crippen LogP contribution is 2.40. The average molecular weight is 419 g/mol. The number of carbonyl (C=O) groups excluding carboxylic acids is 1. The second-order valence-electron chi connectivity index (χ2n) is 6.35. The van der Waals surface area contributed by atoms with Crippen molar-refractivity contribution in [2.45, 2.75) is 11.3 Å². The van der Waals surface area contributed by atoms with Crippen molar-refractivity contribution in [2.75, 3.05) is 13.3 Å². The molecule has 1 heterocycles. The molecule has 1 aromatic heterocycles. The Morgan fingerprint density at radius 2 is 1.64 bits per heavy atom. The summed E-state index contributed by atoms with van der Waals surface area (Å²) in [7, 11) is -2.04. The van der Waals surface area contributed by atoms with E-state index in [9.17, 15) is 22.8 Å². The Balaban J connectivity index is 2.08. The Kier molecular flexibility index (Phi) is 5.64. The molecule has 2 aromatic carbocycles. The van der Waals surface area contributed by atoms with Crippen LogP contribution in [0.4, 0.5) is 4.39 Å². The summed E-state index contributed by atoms with van der Waals surface area (Å²) in [5.74, 6) is -0.803. The number of thiophene rings is 1. The third-order valence-corrected chi connectivity index (χ3v) is 6.48. The minimum Gasteiger partial charge on any atom is -0.286 e. The van der Waals surface area contributed by atoms with E-state index in [1.807, 2.05) is 6.07 Å². The smallest absolute Gasteiger partial charge is 0.250 e. The lowest BCUT2D eigenvalue weighted by Crippen LogP contribution is -2.23. The molecule has 3 rings (SSSR count). The molecule has 0 fully saturated rings. The molecule has 5 nitrogen and oxygen atoms in total. The molecule has 0 saturated heterocycles. The van der Waals surface area contributed by atoms with Gasteiger partial charge in [0, 0.05) is 28.6 Å². The number of halogens is 1. The first kappa shape index (κ1) is 20.2. The van der Waals surface area contributed by atoms with Gasteiger partial charge in [-0.25, -0.2) is 17.9 Å². The van der Waals surface area contributed by atoms with Gasteiger partial charge in [-0.3, -0.25) is 10.0 Å². The fourth-order valence-corrected chi connectivity index (χ4v) is 4.51. The zero-order chi connectivity index (χ0) is 20.5. The highest BCUT2D eigenvalue weighted by molar-refractivity contribution is 7.90. The summed E-state index contributed by atoms with van der Waals surface area (Å²) in [5.41, 5.74) is 2.36.